The van der Waals surface area contributed by atoms with Crippen LogP contribution in [-0.4, -0.2) is 232 Å². The number of fused-ring (bicyclic) bond motifs is 2. The molecule has 0 unspecified atom stereocenters. The number of hydrogen-bond acceptors (Lipinski definition) is 20. The Morgan fingerprint density at radius 1 is 0.364 bits per heavy atom. The van der Waals surface area contributed by atoms with Crippen LogP contribution in [0, 0.1) is 0 Å². The van der Waals surface area contributed by atoms with Crippen molar-refractivity contribution in [2.45, 2.75) is 97.7 Å². The van der Waals surface area contributed by atoms with E-state index in [1.807, 2.05) is 0 Å². The maximum absolute atomic E-state index is 9.16. The van der Waals surface area contributed by atoms with Crippen LogP contribution in [0.4, 0.5) is 0 Å². The van der Waals surface area contributed by atoms with Crippen molar-refractivity contribution in [3.8, 4) is 0 Å². The van der Waals surface area contributed by atoms with E-state index in [0.29, 0.717) is 0 Å². The highest BCUT2D eigenvalue weighted by atomic mass is 16.6. The smallest absolute Gasteiger partial charge is 0.114 e. The van der Waals surface area contributed by atoms with Crippen LogP contribution >= 0.6 is 0 Å². The molecule has 4 fully saturated rings. The van der Waals surface area contributed by atoms with Gasteiger partial charge in [0.1, 0.15) is 97.7 Å². The molecular weight excluding hydrogens is 608 g/mol. The Hall–Kier alpha value is -0.800. The summed E-state index contributed by atoms with van der Waals surface area (Å²) < 4.78 is 20.3. The van der Waals surface area contributed by atoms with Crippen molar-refractivity contribution in [3.63, 3.8) is 0 Å². The van der Waals surface area contributed by atoms with Crippen LogP contribution in [0.25, 0.3) is 0 Å². The molecule has 4 aliphatic heterocycles. The highest BCUT2D eigenvalue weighted by molar-refractivity contribution is 4.94. The molecular formula is C24H48O20. The lowest BCUT2D eigenvalue weighted by Gasteiger charge is -2.24. The van der Waals surface area contributed by atoms with E-state index in [0.717, 1.165) is 0 Å². The first kappa shape index (κ1) is 41.2. The van der Waals surface area contributed by atoms with Crippen LogP contribution < -0.4 is 0 Å². The zero-order valence-corrected chi connectivity index (χ0v) is 23.7. The summed E-state index contributed by atoms with van der Waals surface area (Å²) in [5, 5.41) is 141. The first-order chi connectivity index (χ1) is 20.7. The summed E-state index contributed by atoms with van der Waals surface area (Å²) in [5.41, 5.74) is 0. The molecule has 0 saturated carbocycles. The second-order valence-corrected chi connectivity index (χ2v) is 10.4. The first-order valence-electron chi connectivity index (χ1n) is 13.7. The van der Waals surface area contributed by atoms with Crippen LogP contribution in [-0.2, 0) is 18.9 Å². The normalized spacial score (nSPS) is 36.0. The quantitative estimate of drug-likeness (QED) is 0.104. The van der Waals surface area contributed by atoms with Gasteiger partial charge in [0.25, 0.3) is 0 Å². The van der Waals surface area contributed by atoms with Gasteiger partial charge in [0.15, 0.2) is 0 Å². The third kappa shape index (κ3) is 11.8. The number of aliphatic hydroxyl groups excluding tert-OH is 16. The zero-order chi connectivity index (χ0) is 33.7. The summed E-state index contributed by atoms with van der Waals surface area (Å²) in [7, 11) is 0. The fourth-order valence-corrected chi connectivity index (χ4v) is 4.26. The van der Waals surface area contributed by atoms with E-state index in [9.17, 15) is 0 Å². The molecule has 20 heteroatoms. The SMILES string of the molecule is OC[C@@H](O)[C@@H](O)[C@H](O)[C@H](O)CO.OC[C@@H](O)[C@@H](O)[C@H](O)[C@H](O)CO.O[C@@H]1CO[C@H]2[C@@H]1OC[C@H]2O.O[C@@H]1CO[C@H]2[C@@H]1OC[C@H]2O. The van der Waals surface area contributed by atoms with Crippen molar-refractivity contribution in [1.82, 2.24) is 0 Å². The van der Waals surface area contributed by atoms with E-state index in [1.165, 1.54) is 0 Å². The molecule has 0 aromatic rings. The van der Waals surface area contributed by atoms with Crippen LogP contribution in [0.3, 0.4) is 0 Å². The Bertz CT molecular complexity index is 633. The predicted octanol–water partition coefficient (Wildman–Crippen LogP) is -10.2. The molecule has 44 heavy (non-hydrogen) atoms. The maximum atomic E-state index is 9.16. The Morgan fingerprint density at radius 3 is 0.659 bits per heavy atom. The predicted molar refractivity (Wildman–Crippen MR) is 139 cm³/mol. The fourth-order valence-electron chi connectivity index (χ4n) is 4.26. The largest absolute Gasteiger partial charge is 0.394 e. The van der Waals surface area contributed by atoms with E-state index in [1.54, 1.807) is 0 Å². The molecule has 0 aromatic carbocycles. The van der Waals surface area contributed by atoms with Gasteiger partial charge in [-0.25, -0.2) is 0 Å². The molecule has 20 nitrogen and oxygen atoms in total. The molecule has 4 rings (SSSR count). The van der Waals surface area contributed by atoms with E-state index in [2.05, 4.69) is 0 Å². The molecule has 0 radical (unpaired) electrons. The van der Waals surface area contributed by atoms with Crippen LogP contribution in [0.1, 0.15) is 0 Å². The third-order valence-corrected chi connectivity index (χ3v) is 7.03. The highest BCUT2D eigenvalue weighted by Crippen LogP contribution is 2.27. The molecule has 0 aliphatic carbocycles. The second-order valence-electron chi connectivity index (χ2n) is 10.4. The van der Waals surface area contributed by atoms with Crippen molar-refractivity contribution in [2.75, 3.05) is 52.9 Å². The minimum atomic E-state index is -1.67. The van der Waals surface area contributed by atoms with Crippen LogP contribution in [0.5, 0.6) is 0 Å². The lowest BCUT2D eigenvalue weighted by molar-refractivity contribution is -0.123. The Morgan fingerprint density at radius 2 is 0.523 bits per heavy atom. The van der Waals surface area contributed by atoms with Gasteiger partial charge < -0.3 is 101 Å². The number of rotatable bonds is 10. The molecule has 0 amide bonds. The fraction of sp³-hybridized carbons (Fsp3) is 1.00. The van der Waals surface area contributed by atoms with Gasteiger partial charge in [-0.1, -0.05) is 0 Å². The van der Waals surface area contributed by atoms with Crippen molar-refractivity contribution in [3.05, 3.63) is 0 Å². The number of ether oxygens (including phenoxy) is 4. The summed E-state index contributed by atoms with van der Waals surface area (Å²) in [6, 6.07) is 0. The molecule has 4 heterocycles. The number of aliphatic hydroxyl groups is 16. The van der Waals surface area contributed by atoms with Crippen molar-refractivity contribution < 1.29 is 101 Å². The van der Waals surface area contributed by atoms with Gasteiger partial charge in [-0.3, -0.25) is 0 Å². The second kappa shape index (κ2) is 20.4. The zero-order valence-electron chi connectivity index (χ0n) is 23.7. The first-order valence-corrected chi connectivity index (χ1v) is 13.7. The van der Waals surface area contributed by atoms with E-state index in [-0.39, 0.29) is 50.8 Å². The van der Waals surface area contributed by atoms with Gasteiger partial charge >= 0.3 is 0 Å². The topological polar surface area (TPSA) is 361 Å². The van der Waals surface area contributed by atoms with Crippen LogP contribution in [0.2, 0.25) is 0 Å². The van der Waals surface area contributed by atoms with Gasteiger partial charge in [-0.15, -0.1) is 0 Å². The summed E-state index contributed by atoms with van der Waals surface area (Å²) in [6.45, 7) is -1.77. The van der Waals surface area contributed by atoms with E-state index < -0.39 is 99.7 Å². The molecule has 0 spiro atoms. The average Bonchev–Trinajstić information content (AvgIpc) is 3.81. The third-order valence-electron chi connectivity index (χ3n) is 7.03. The summed E-state index contributed by atoms with van der Waals surface area (Å²) in [4.78, 5) is 0. The van der Waals surface area contributed by atoms with Gasteiger partial charge in [-0.05, 0) is 0 Å². The highest BCUT2D eigenvalue weighted by Gasteiger charge is 2.47. The molecule has 16 N–H and O–H groups in total. The van der Waals surface area contributed by atoms with Gasteiger partial charge in [0.05, 0.1) is 52.9 Å². The molecule has 0 aromatic heterocycles. The minimum absolute atomic E-state index is 0.284. The lowest BCUT2D eigenvalue weighted by Crippen LogP contribution is -2.46. The summed E-state index contributed by atoms with van der Waals surface area (Å²) in [6.07, 6.45) is -16.2. The average molecular weight is 657 g/mol. The Kier molecular flexibility index (Phi) is 19.1. The van der Waals surface area contributed by atoms with Crippen molar-refractivity contribution >= 4 is 0 Å². The molecule has 4 aliphatic rings. The Labute approximate surface area is 251 Å². The van der Waals surface area contributed by atoms with Crippen molar-refractivity contribution in [2.24, 2.45) is 0 Å². The molecule has 4 saturated heterocycles. The summed E-state index contributed by atoms with van der Waals surface area (Å²) in [5.74, 6) is 0. The monoisotopic (exact) mass is 656 g/mol. The molecule has 16 atom stereocenters. The summed E-state index contributed by atoms with van der Waals surface area (Å²) >= 11 is 0. The minimum Gasteiger partial charge on any atom is -0.394 e. The molecule has 0 bridgehead atoms. The molecule has 264 valence electrons. The lowest BCUT2D eigenvalue weighted by atomic mass is 10.0. The van der Waals surface area contributed by atoms with E-state index in [4.69, 9.17) is 101 Å². The van der Waals surface area contributed by atoms with Gasteiger partial charge in [0, 0.05) is 0 Å². The standard InChI is InChI=1S/2C6H14O6.2C6H10O4/c2*7-1-3(9)5(11)6(12)4(10)2-8;2*7-3-1-9-6-4(8)2-10-5(3)6/h2*3-12H,1-2H2;2*3-8H,1-2H2/t4*3-,4-,5-,6-/m1111/s1. The van der Waals surface area contributed by atoms with Gasteiger partial charge in [0.2, 0.25) is 0 Å². The number of hydrogen-bond donors (Lipinski definition) is 16. The maximum Gasteiger partial charge on any atom is 0.114 e. The van der Waals surface area contributed by atoms with Gasteiger partial charge in [-0.2, -0.15) is 0 Å². The van der Waals surface area contributed by atoms with Crippen LogP contribution in [0.15, 0.2) is 0 Å². The van der Waals surface area contributed by atoms with E-state index >= 15 is 0 Å². The Balaban J connectivity index is 0.000000294. The van der Waals surface area contributed by atoms with Crippen molar-refractivity contribution in [1.29, 1.82) is 0 Å².